The molecule has 0 bridgehead atoms. The average molecular weight is 216 g/mol. The first-order chi connectivity index (χ1) is 7.06. The zero-order chi connectivity index (χ0) is 11.8. The number of urea groups is 1. The van der Waals surface area contributed by atoms with Gasteiger partial charge in [0.1, 0.15) is 6.54 Å². The molecule has 0 N–H and O–H groups in total. The number of hydrogen-bond acceptors (Lipinski definition) is 3. The smallest absolute Gasteiger partial charge is 0.325 e. The second-order valence-electron chi connectivity index (χ2n) is 3.12. The van der Waals surface area contributed by atoms with Crippen LogP contribution in [0.15, 0.2) is 0 Å². The molecule has 0 aromatic heterocycles. The van der Waals surface area contributed by atoms with Crippen molar-refractivity contribution in [2.75, 3.05) is 33.3 Å². The van der Waals surface area contributed by atoms with Crippen LogP contribution in [0.25, 0.3) is 0 Å². The molecule has 0 spiro atoms. The van der Waals surface area contributed by atoms with Gasteiger partial charge >= 0.3 is 12.0 Å². The number of esters is 1. The van der Waals surface area contributed by atoms with Crippen molar-refractivity contribution in [3.8, 4) is 0 Å². The number of likely N-dealkylation sites (N-methyl/N-ethyl adjacent to an activating group) is 1. The summed E-state index contributed by atoms with van der Waals surface area (Å²) in [7, 11) is 1.59. The number of rotatable bonds is 5. The quantitative estimate of drug-likeness (QED) is 0.643. The summed E-state index contributed by atoms with van der Waals surface area (Å²) in [6, 6.07) is -0.145. The molecule has 0 saturated carbocycles. The van der Waals surface area contributed by atoms with Gasteiger partial charge in [-0.25, -0.2) is 4.79 Å². The third-order valence-corrected chi connectivity index (χ3v) is 2.03. The molecule has 0 aliphatic heterocycles. The van der Waals surface area contributed by atoms with Gasteiger partial charge in [-0.3, -0.25) is 4.79 Å². The van der Waals surface area contributed by atoms with Crippen molar-refractivity contribution in [3.63, 3.8) is 0 Å². The van der Waals surface area contributed by atoms with Crippen molar-refractivity contribution >= 4 is 12.0 Å². The minimum atomic E-state index is -0.375. The largest absolute Gasteiger partial charge is 0.465 e. The van der Waals surface area contributed by atoms with Crippen LogP contribution in [-0.2, 0) is 9.53 Å². The number of ether oxygens (including phenoxy) is 1. The van der Waals surface area contributed by atoms with Gasteiger partial charge in [-0.1, -0.05) is 0 Å². The molecule has 0 heterocycles. The van der Waals surface area contributed by atoms with Crippen LogP contribution >= 0.6 is 0 Å². The van der Waals surface area contributed by atoms with Crippen LogP contribution in [0.4, 0.5) is 4.79 Å². The maximum absolute atomic E-state index is 11.7. The molecule has 0 aliphatic carbocycles. The van der Waals surface area contributed by atoms with Gasteiger partial charge in [0, 0.05) is 20.1 Å². The number of hydrogen-bond donors (Lipinski definition) is 0. The van der Waals surface area contributed by atoms with Crippen LogP contribution in [0.2, 0.25) is 0 Å². The molecule has 0 aromatic carbocycles. The highest BCUT2D eigenvalue weighted by Gasteiger charge is 2.17. The third-order valence-electron chi connectivity index (χ3n) is 2.03. The molecule has 0 aliphatic rings. The Balaban J connectivity index is 4.13. The lowest BCUT2D eigenvalue weighted by molar-refractivity contribution is -0.143. The second-order valence-corrected chi connectivity index (χ2v) is 3.12. The topological polar surface area (TPSA) is 49.9 Å². The molecule has 5 heteroatoms. The molecule has 5 nitrogen and oxygen atoms in total. The number of nitrogens with zero attached hydrogens (tertiary/aromatic N) is 2. The standard InChI is InChI=1S/C10H20N2O3/c1-5-12(6-2)10(14)11(4)8-9(13)15-7-3/h5-8H2,1-4H3. The summed E-state index contributed by atoms with van der Waals surface area (Å²) >= 11 is 0. The second kappa shape index (κ2) is 7.09. The molecular formula is C10H20N2O3. The molecule has 2 amide bonds. The van der Waals surface area contributed by atoms with Crippen LogP contribution in [0.5, 0.6) is 0 Å². The number of amides is 2. The van der Waals surface area contributed by atoms with E-state index in [4.69, 9.17) is 4.74 Å². The number of carbonyl (C=O) groups is 2. The number of carbonyl (C=O) groups excluding carboxylic acids is 2. The lowest BCUT2D eigenvalue weighted by atomic mass is 10.5. The van der Waals surface area contributed by atoms with Crippen molar-refractivity contribution < 1.29 is 14.3 Å². The Kier molecular flexibility index (Phi) is 6.49. The fraction of sp³-hybridized carbons (Fsp3) is 0.800. The third kappa shape index (κ3) is 4.67. The van der Waals surface area contributed by atoms with Crippen molar-refractivity contribution in [2.24, 2.45) is 0 Å². The van der Waals surface area contributed by atoms with Crippen LogP contribution in [-0.4, -0.2) is 55.1 Å². The summed E-state index contributed by atoms with van der Waals surface area (Å²) in [6.07, 6.45) is 0. The van der Waals surface area contributed by atoms with Gasteiger partial charge in [0.2, 0.25) is 0 Å². The molecule has 0 radical (unpaired) electrons. The van der Waals surface area contributed by atoms with Crippen molar-refractivity contribution in [2.45, 2.75) is 20.8 Å². The van der Waals surface area contributed by atoms with E-state index in [1.165, 1.54) is 4.90 Å². The minimum absolute atomic E-state index is 0.00315. The predicted octanol–water partition coefficient (Wildman–Crippen LogP) is 0.943. The van der Waals surface area contributed by atoms with Gasteiger partial charge in [0.05, 0.1) is 6.61 Å². The summed E-state index contributed by atoms with van der Waals surface area (Å²) < 4.78 is 4.76. The van der Waals surface area contributed by atoms with E-state index in [1.54, 1.807) is 18.9 Å². The molecule has 0 rings (SSSR count). The van der Waals surface area contributed by atoms with Crippen LogP contribution < -0.4 is 0 Å². The Morgan fingerprint density at radius 1 is 1.13 bits per heavy atom. The Morgan fingerprint density at radius 2 is 1.67 bits per heavy atom. The van der Waals surface area contributed by atoms with Crippen LogP contribution in [0.3, 0.4) is 0 Å². The molecule has 0 fully saturated rings. The minimum Gasteiger partial charge on any atom is -0.465 e. The Morgan fingerprint density at radius 3 is 2.07 bits per heavy atom. The lowest BCUT2D eigenvalue weighted by Crippen LogP contribution is -2.43. The van der Waals surface area contributed by atoms with E-state index in [-0.39, 0.29) is 18.5 Å². The molecule has 0 aromatic rings. The van der Waals surface area contributed by atoms with Gasteiger partial charge in [-0.05, 0) is 20.8 Å². The first-order valence-electron chi connectivity index (χ1n) is 5.22. The lowest BCUT2D eigenvalue weighted by Gasteiger charge is -2.25. The zero-order valence-electron chi connectivity index (χ0n) is 9.95. The van der Waals surface area contributed by atoms with E-state index < -0.39 is 0 Å². The highest BCUT2D eigenvalue weighted by atomic mass is 16.5. The van der Waals surface area contributed by atoms with E-state index in [0.29, 0.717) is 19.7 Å². The maximum Gasteiger partial charge on any atom is 0.325 e. The Bertz CT molecular complexity index is 215. The summed E-state index contributed by atoms with van der Waals surface area (Å²) in [5.74, 6) is -0.375. The van der Waals surface area contributed by atoms with Gasteiger partial charge in [-0.15, -0.1) is 0 Å². The molecule has 88 valence electrons. The van der Waals surface area contributed by atoms with E-state index >= 15 is 0 Å². The Labute approximate surface area is 91.0 Å². The fourth-order valence-electron chi connectivity index (χ4n) is 1.20. The van der Waals surface area contributed by atoms with E-state index in [1.807, 2.05) is 13.8 Å². The summed E-state index contributed by atoms with van der Waals surface area (Å²) in [4.78, 5) is 25.8. The van der Waals surface area contributed by atoms with Gasteiger partial charge in [0.25, 0.3) is 0 Å². The molecule has 0 unspecified atom stereocenters. The summed E-state index contributed by atoms with van der Waals surface area (Å²) in [5.41, 5.74) is 0. The fourth-order valence-corrected chi connectivity index (χ4v) is 1.20. The maximum atomic E-state index is 11.7. The molecule has 0 saturated heterocycles. The van der Waals surface area contributed by atoms with Crippen molar-refractivity contribution in [1.29, 1.82) is 0 Å². The average Bonchev–Trinajstić information content (AvgIpc) is 2.19. The highest BCUT2D eigenvalue weighted by Crippen LogP contribution is 1.96. The highest BCUT2D eigenvalue weighted by molar-refractivity contribution is 5.80. The summed E-state index contributed by atoms with van der Waals surface area (Å²) in [6.45, 7) is 7.17. The van der Waals surface area contributed by atoms with Crippen molar-refractivity contribution in [1.82, 2.24) is 9.80 Å². The molecule has 15 heavy (non-hydrogen) atoms. The predicted molar refractivity (Wildman–Crippen MR) is 57.6 cm³/mol. The van der Waals surface area contributed by atoms with Gasteiger partial charge in [-0.2, -0.15) is 0 Å². The Hall–Kier alpha value is -1.26. The van der Waals surface area contributed by atoms with Crippen LogP contribution in [0.1, 0.15) is 20.8 Å². The van der Waals surface area contributed by atoms with E-state index in [2.05, 4.69) is 0 Å². The molecule has 0 atom stereocenters. The normalized spacial score (nSPS) is 9.60. The van der Waals surface area contributed by atoms with Gasteiger partial charge in [0.15, 0.2) is 0 Å². The zero-order valence-corrected chi connectivity index (χ0v) is 9.95. The van der Waals surface area contributed by atoms with E-state index in [0.717, 1.165) is 0 Å². The first-order valence-corrected chi connectivity index (χ1v) is 5.22. The monoisotopic (exact) mass is 216 g/mol. The summed E-state index contributed by atoms with van der Waals surface area (Å²) in [5, 5.41) is 0. The first kappa shape index (κ1) is 13.7. The molecular weight excluding hydrogens is 196 g/mol. The van der Waals surface area contributed by atoms with Crippen molar-refractivity contribution in [3.05, 3.63) is 0 Å². The van der Waals surface area contributed by atoms with Crippen LogP contribution in [0, 0.1) is 0 Å². The van der Waals surface area contributed by atoms with E-state index in [9.17, 15) is 9.59 Å². The SMILES string of the molecule is CCOC(=O)CN(C)C(=O)N(CC)CC. The van der Waals surface area contributed by atoms with Gasteiger partial charge < -0.3 is 14.5 Å².